The van der Waals surface area contributed by atoms with Crippen molar-refractivity contribution in [3.05, 3.63) is 35.0 Å². The minimum atomic E-state index is -0.159. The van der Waals surface area contributed by atoms with E-state index in [2.05, 4.69) is 24.1 Å². The van der Waals surface area contributed by atoms with Gasteiger partial charge in [-0.2, -0.15) is 0 Å². The Hall–Kier alpha value is -2.27. The Balaban J connectivity index is 1.84. The van der Waals surface area contributed by atoms with Crippen LogP contribution in [0.25, 0.3) is 11.1 Å². The van der Waals surface area contributed by atoms with Gasteiger partial charge in [0, 0.05) is 24.2 Å². The Morgan fingerprint density at radius 1 is 1.38 bits per heavy atom. The lowest BCUT2D eigenvalue weighted by atomic mass is 9.98. The Bertz CT molecular complexity index is 821. The second-order valence-corrected chi connectivity index (χ2v) is 7.21. The van der Waals surface area contributed by atoms with Crippen LogP contribution in [0.3, 0.4) is 0 Å². The molecule has 2 aromatic rings. The van der Waals surface area contributed by atoms with Gasteiger partial charge < -0.3 is 14.8 Å². The number of anilines is 1. The number of halogens is 1. The Kier molecular flexibility index (Phi) is 5.67. The van der Waals surface area contributed by atoms with Crippen LogP contribution in [0.15, 0.2) is 24.4 Å². The van der Waals surface area contributed by atoms with Gasteiger partial charge in [-0.05, 0) is 42.5 Å². The van der Waals surface area contributed by atoms with Crippen LogP contribution in [0.4, 0.5) is 5.82 Å². The van der Waals surface area contributed by atoms with Gasteiger partial charge in [-0.3, -0.25) is 4.79 Å². The van der Waals surface area contributed by atoms with Crippen molar-refractivity contribution in [2.45, 2.75) is 40.2 Å². The van der Waals surface area contributed by atoms with Gasteiger partial charge in [0.25, 0.3) is 0 Å². The molecule has 138 valence electrons. The van der Waals surface area contributed by atoms with Gasteiger partial charge in [-0.15, -0.1) is 0 Å². The van der Waals surface area contributed by atoms with Gasteiger partial charge in [0.15, 0.2) is 0 Å². The minimum absolute atomic E-state index is 0.159. The number of carbonyl (C=O) groups is 1. The van der Waals surface area contributed by atoms with E-state index in [0.29, 0.717) is 41.5 Å². The molecule has 0 bridgehead atoms. The number of carbonyl (C=O) groups excluding carboxylic acids is 1. The third kappa shape index (κ3) is 4.10. The highest BCUT2D eigenvalue weighted by molar-refractivity contribution is 6.34. The van der Waals surface area contributed by atoms with E-state index in [1.165, 1.54) is 6.92 Å². The van der Waals surface area contributed by atoms with Crippen molar-refractivity contribution in [2.75, 3.05) is 11.9 Å². The summed E-state index contributed by atoms with van der Waals surface area (Å²) in [4.78, 5) is 15.5. The fourth-order valence-electron chi connectivity index (χ4n) is 2.92. The lowest BCUT2D eigenvalue weighted by Crippen LogP contribution is -2.11. The van der Waals surface area contributed by atoms with Crippen molar-refractivity contribution in [1.29, 1.82) is 0 Å². The molecule has 1 aliphatic heterocycles. The summed E-state index contributed by atoms with van der Waals surface area (Å²) in [5, 5.41) is 3.19. The molecule has 0 spiro atoms. The van der Waals surface area contributed by atoms with Crippen molar-refractivity contribution in [1.82, 2.24) is 4.98 Å². The number of pyridine rings is 1. The number of hydrogen-bond donors (Lipinski definition) is 1. The number of nitrogens with zero attached hydrogens (tertiary/aromatic N) is 1. The van der Waals surface area contributed by atoms with E-state index >= 15 is 0 Å². The molecule has 1 aliphatic rings. The number of hydrogen-bond acceptors (Lipinski definition) is 4. The first-order valence-electron chi connectivity index (χ1n) is 8.80. The summed E-state index contributed by atoms with van der Waals surface area (Å²) in [5.41, 5.74) is 2.78. The molecular weight excluding hydrogens is 352 g/mol. The molecule has 0 aliphatic carbocycles. The van der Waals surface area contributed by atoms with Gasteiger partial charge in [-0.1, -0.05) is 25.4 Å². The normalized spacial score (nSPS) is 12.2. The molecule has 0 radical (unpaired) electrons. The number of amides is 1. The second kappa shape index (κ2) is 7.96. The zero-order chi connectivity index (χ0) is 18.7. The highest BCUT2D eigenvalue weighted by atomic mass is 35.5. The molecule has 1 amide bonds. The predicted molar refractivity (Wildman–Crippen MR) is 103 cm³/mol. The molecule has 26 heavy (non-hydrogen) atoms. The monoisotopic (exact) mass is 374 g/mol. The highest BCUT2D eigenvalue weighted by Crippen LogP contribution is 2.46. The molecule has 1 N–H and O–H groups in total. The minimum Gasteiger partial charge on any atom is -0.492 e. The van der Waals surface area contributed by atoms with Crippen LogP contribution in [0.5, 0.6) is 11.5 Å². The summed E-state index contributed by atoms with van der Waals surface area (Å²) in [6.07, 6.45) is 3.82. The number of ether oxygens (including phenoxy) is 2. The summed E-state index contributed by atoms with van der Waals surface area (Å²) in [5.74, 6) is 2.25. The lowest BCUT2D eigenvalue weighted by Gasteiger charge is -2.23. The van der Waals surface area contributed by atoms with Crippen molar-refractivity contribution < 1.29 is 14.3 Å². The number of benzene rings is 1. The lowest BCUT2D eigenvalue weighted by molar-refractivity contribution is -0.114. The van der Waals surface area contributed by atoms with E-state index in [4.69, 9.17) is 21.1 Å². The SMILES string of the molecule is CC(=O)Nc1cc2c(cn1)COc1c-2ccc(OCCCC(C)C)c1Cl. The fourth-order valence-corrected chi connectivity index (χ4v) is 3.20. The zero-order valence-corrected chi connectivity index (χ0v) is 16.0. The molecule has 3 rings (SSSR count). The van der Waals surface area contributed by atoms with Crippen molar-refractivity contribution >= 4 is 23.3 Å². The summed E-state index contributed by atoms with van der Waals surface area (Å²) in [7, 11) is 0. The van der Waals surface area contributed by atoms with E-state index in [0.717, 1.165) is 29.5 Å². The number of nitrogens with one attached hydrogen (secondary N) is 1. The Labute approximate surface area is 158 Å². The van der Waals surface area contributed by atoms with Crippen LogP contribution in [0.1, 0.15) is 39.2 Å². The number of rotatable bonds is 6. The van der Waals surface area contributed by atoms with Crippen molar-refractivity contribution in [3.8, 4) is 22.6 Å². The van der Waals surface area contributed by atoms with Crippen LogP contribution >= 0.6 is 11.6 Å². The van der Waals surface area contributed by atoms with E-state index in [1.54, 1.807) is 6.20 Å². The first-order valence-corrected chi connectivity index (χ1v) is 9.18. The zero-order valence-electron chi connectivity index (χ0n) is 15.3. The maximum Gasteiger partial charge on any atom is 0.222 e. The third-order valence-corrected chi connectivity index (χ3v) is 4.56. The average molecular weight is 375 g/mol. The molecule has 0 saturated heterocycles. The molecule has 1 aromatic heterocycles. The van der Waals surface area contributed by atoms with E-state index in [1.807, 2.05) is 18.2 Å². The Morgan fingerprint density at radius 2 is 2.19 bits per heavy atom. The molecule has 1 aromatic carbocycles. The summed E-state index contributed by atoms with van der Waals surface area (Å²) >= 11 is 6.52. The molecule has 0 saturated carbocycles. The van der Waals surface area contributed by atoms with Gasteiger partial charge in [0.2, 0.25) is 5.91 Å². The maximum atomic E-state index is 11.3. The number of fused-ring (bicyclic) bond motifs is 3. The van der Waals surface area contributed by atoms with Gasteiger partial charge >= 0.3 is 0 Å². The summed E-state index contributed by atoms with van der Waals surface area (Å²) < 4.78 is 11.7. The Morgan fingerprint density at radius 3 is 2.92 bits per heavy atom. The van der Waals surface area contributed by atoms with Crippen LogP contribution in [0, 0.1) is 5.92 Å². The van der Waals surface area contributed by atoms with E-state index in [-0.39, 0.29) is 5.91 Å². The smallest absolute Gasteiger partial charge is 0.222 e. The van der Waals surface area contributed by atoms with Gasteiger partial charge in [0.1, 0.15) is 28.9 Å². The van der Waals surface area contributed by atoms with Gasteiger partial charge in [0.05, 0.1) is 6.61 Å². The quantitative estimate of drug-likeness (QED) is 0.717. The predicted octanol–water partition coefficient (Wildman–Crippen LogP) is 5.07. The van der Waals surface area contributed by atoms with Crippen LogP contribution in [0.2, 0.25) is 5.02 Å². The van der Waals surface area contributed by atoms with Crippen molar-refractivity contribution in [3.63, 3.8) is 0 Å². The third-order valence-electron chi connectivity index (χ3n) is 4.20. The molecular formula is C20H23ClN2O3. The van der Waals surface area contributed by atoms with Gasteiger partial charge in [-0.25, -0.2) is 4.98 Å². The van der Waals surface area contributed by atoms with Crippen molar-refractivity contribution in [2.24, 2.45) is 5.92 Å². The largest absolute Gasteiger partial charge is 0.492 e. The number of aromatic nitrogens is 1. The molecule has 0 fully saturated rings. The fraction of sp³-hybridized carbons (Fsp3) is 0.400. The molecule has 0 unspecified atom stereocenters. The van der Waals surface area contributed by atoms with Crippen LogP contribution in [-0.2, 0) is 11.4 Å². The van der Waals surface area contributed by atoms with E-state index < -0.39 is 0 Å². The maximum absolute atomic E-state index is 11.3. The van der Waals surface area contributed by atoms with Crippen LogP contribution < -0.4 is 14.8 Å². The summed E-state index contributed by atoms with van der Waals surface area (Å²) in [6.45, 7) is 6.86. The second-order valence-electron chi connectivity index (χ2n) is 6.84. The summed E-state index contributed by atoms with van der Waals surface area (Å²) in [6, 6.07) is 5.65. The molecule has 0 atom stereocenters. The first-order chi connectivity index (χ1) is 12.5. The van der Waals surface area contributed by atoms with E-state index in [9.17, 15) is 4.79 Å². The highest BCUT2D eigenvalue weighted by Gasteiger charge is 2.23. The standard InChI is InChI=1S/C20H23ClN2O3/c1-12(2)5-4-8-25-17-7-6-15-16-9-18(23-13(3)24)22-10-14(16)11-26-20(15)19(17)21/h6-7,9-10,12H,4-5,8,11H2,1-3H3,(H,22,23,24). The molecule has 2 heterocycles. The average Bonchev–Trinajstić information content (AvgIpc) is 2.59. The molecule has 6 heteroatoms. The molecule has 5 nitrogen and oxygen atoms in total. The van der Waals surface area contributed by atoms with Crippen LogP contribution in [-0.4, -0.2) is 17.5 Å². The topological polar surface area (TPSA) is 60.5 Å². The first kappa shape index (κ1) is 18.5.